The standard InChI is InChI=1S/C14H20ClN3O2/c1-20-13-7-12(11(15)6-10(13)14(17)19)18-9-4-2-8(16)3-5-9/h6-9,18H,2-5,16H2,1H3,(H2,17,19)/t8-,9+. The first kappa shape index (κ1) is 14.9. The molecule has 0 spiro atoms. The zero-order valence-corrected chi connectivity index (χ0v) is 12.2. The summed E-state index contributed by atoms with van der Waals surface area (Å²) in [5.74, 6) is -0.129. The minimum atomic E-state index is -0.557. The predicted molar refractivity (Wildman–Crippen MR) is 80.4 cm³/mol. The molecule has 2 rings (SSSR count). The van der Waals surface area contributed by atoms with Crippen molar-refractivity contribution in [2.75, 3.05) is 12.4 Å². The van der Waals surface area contributed by atoms with Gasteiger partial charge in [0.1, 0.15) is 5.75 Å². The molecule has 1 aliphatic carbocycles. The van der Waals surface area contributed by atoms with Gasteiger partial charge in [0, 0.05) is 18.2 Å². The molecule has 1 saturated carbocycles. The van der Waals surface area contributed by atoms with Crippen LogP contribution in [0, 0.1) is 0 Å². The number of carbonyl (C=O) groups is 1. The molecule has 5 N–H and O–H groups in total. The second kappa shape index (κ2) is 6.33. The lowest BCUT2D eigenvalue weighted by Gasteiger charge is -2.28. The number of amides is 1. The minimum absolute atomic E-state index is 0.286. The van der Waals surface area contributed by atoms with Gasteiger partial charge in [-0.25, -0.2) is 0 Å². The highest BCUT2D eigenvalue weighted by Gasteiger charge is 2.20. The lowest BCUT2D eigenvalue weighted by Crippen LogP contribution is -2.32. The molecule has 1 fully saturated rings. The van der Waals surface area contributed by atoms with E-state index in [1.807, 2.05) is 0 Å². The van der Waals surface area contributed by atoms with Crippen LogP contribution >= 0.6 is 11.6 Å². The predicted octanol–water partition coefficient (Wildman–Crippen LogP) is 2.13. The van der Waals surface area contributed by atoms with Gasteiger partial charge >= 0.3 is 0 Å². The fraction of sp³-hybridized carbons (Fsp3) is 0.500. The van der Waals surface area contributed by atoms with Crippen LogP contribution in [-0.4, -0.2) is 25.1 Å². The second-order valence-electron chi connectivity index (χ2n) is 5.15. The van der Waals surface area contributed by atoms with E-state index in [-0.39, 0.29) is 5.56 Å². The topological polar surface area (TPSA) is 90.4 Å². The summed E-state index contributed by atoms with van der Waals surface area (Å²) in [6.07, 6.45) is 4.03. The Hall–Kier alpha value is -1.46. The molecule has 0 bridgehead atoms. The quantitative estimate of drug-likeness (QED) is 0.794. The minimum Gasteiger partial charge on any atom is -0.496 e. The largest absolute Gasteiger partial charge is 0.496 e. The molecule has 20 heavy (non-hydrogen) atoms. The summed E-state index contributed by atoms with van der Waals surface area (Å²) in [7, 11) is 1.50. The maximum Gasteiger partial charge on any atom is 0.252 e. The maximum atomic E-state index is 11.3. The summed E-state index contributed by atoms with van der Waals surface area (Å²) in [5, 5.41) is 3.86. The molecule has 1 aliphatic rings. The van der Waals surface area contributed by atoms with Crippen LogP contribution in [0.1, 0.15) is 36.0 Å². The second-order valence-corrected chi connectivity index (χ2v) is 5.56. The third kappa shape index (κ3) is 3.35. The molecule has 5 nitrogen and oxygen atoms in total. The number of ether oxygens (including phenoxy) is 1. The molecule has 0 unspecified atom stereocenters. The highest BCUT2D eigenvalue weighted by atomic mass is 35.5. The summed E-state index contributed by atoms with van der Waals surface area (Å²) >= 11 is 6.20. The van der Waals surface area contributed by atoms with Crippen LogP contribution < -0.4 is 21.5 Å². The Labute approximate surface area is 123 Å². The Balaban J connectivity index is 2.17. The van der Waals surface area contributed by atoms with Crippen LogP contribution in [0.5, 0.6) is 5.75 Å². The summed E-state index contributed by atoms with van der Waals surface area (Å²) in [6.45, 7) is 0. The Bertz CT molecular complexity index is 499. The Morgan fingerprint density at radius 2 is 2.00 bits per heavy atom. The van der Waals surface area contributed by atoms with Gasteiger partial charge in [-0.2, -0.15) is 0 Å². The molecule has 0 aromatic heterocycles. The number of nitrogens with one attached hydrogen (secondary N) is 1. The van der Waals surface area contributed by atoms with Crippen LogP contribution in [0.4, 0.5) is 5.69 Å². The number of nitrogens with two attached hydrogens (primary N) is 2. The van der Waals surface area contributed by atoms with Crippen LogP contribution in [0.25, 0.3) is 0 Å². The van der Waals surface area contributed by atoms with Crippen molar-refractivity contribution in [3.63, 3.8) is 0 Å². The molecule has 0 atom stereocenters. The summed E-state index contributed by atoms with van der Waals surface area (Å²) in [4.78, 5) is 11.3. The van der Waals surface area contributed by atoms with Crippen molar-refractivity contribution in [1.29, 1.82) is 0 Å². The first-order valence-corrected chi connectivity index (χ1v) is 7.08. The number of halogens is 1. The molecular formula is C14H20ClN3O2. The molecule has 1 aromatic rings. The molecule has 0 heterocycles. The molecule has 6 heteroatoms. The SMILES string of the molecule is COc1cc(N[C@H]2CC[C@@H](N)CC2)c(Cl)cc1C(N)=O. The van der Waals surface area contributed by atoms with E-state index in [1.165, 1.54) is 7.11 Å². The van der Waals surface area contributed by atoms with E-state index in [2.05, 4.69) is 5.32 Å². The van der Waals surface area contributed by atoms with Crippen molar-refractivity contribution in [1.82, 2.24) is 0 Å². The fourth-order valence-electron chi connectivity index (χ4n) is 2.51. The maximum absolute atomic E-state index is 11.3. The van der Waals surface area contributed by atoms with Gasteiger partial charge in [0.2, 0.25) is 0 Å². The number of carbonyl (C=O) groups excluding carboxylic acids is 1. The van der Waals surface area contributed by atoms with Crippen LogP contribution in [0.3, 0.4) is 0 Å². The van der Waals surface area contributed by atoms with Gasteiger partial charge in [0.15, 0.2) is 0 Å². The van der Waals surface area contributed by atoms with E-state index in [0.29, 0.717) is 22.9 Å². The molecule has 0 radical (unpaired) electrons. The lowest BCUT2D eigenvalue weighted by molar-refractivity contribution is 0.0997. The number of methoxy groups -OCH3 is 1. The van der Waals surface area contributed by atoms with Crippen molar-refractivity contribution in [2.45, 2.75) is 37.8 Å². The van der Waals surface area contributed by atoms with Crippen molar-refractivity contribution >= 4 is 23.2 Å². The van der Waals surface area contributed by atoms with Gasteiger partial charge in [-0.3, -0.25) is 4.79 Å². The van der Waals surface area contributed by atoms with E-state index in [0.717, 1.165) is 31.4 Å². The lowest BCUT2D eigenvalue weighted by atomic mass is 9.91. The zero-order chi connectivity index (χ0) is 14.7. The third-order valence-corrected chi connectivity index (χ3v) is 4.00. The average Bonchev–Trinajstić information content (AvgIpc) is 2.42. The molecule has 0 saturated heterocycles. The highest BCUT2D eigenvalue weighted by Crippen LogP contribution is 2.32. The van der Waals surface area contributed by atoms with Crippen molar-refractivity contribution < 1.29 is 9.53 Å². The van der Waals surface area contributed by atoms with Crippen molar-refractivity contribution in [2.24, 2.45) is 11.5 Å². The normalized spacial score (nSPS) is 22.4. The Morgan fingerprint density at radius 3 is 2.55 bits per heavy atom. The smallest absolute Gasteiger partial charge is 0.252 e. The molecule has 1 aromatic carbocycles. The number of hydrogen-bond donors (Lipinski definition) is 3. The summed E-state index contributed by atoms with van der Waals surface area (Å²) in [5.41, 5.74) is 12.2. The van der Waals surface area contributed by atoms with Gasteiger partial charge in [0.05, 0.1) is 23.4 Å². The summed E-state index contributed by atoms with van der Waals surface area (Å²) in [6, 6.07) is 3.91. The third-order valence-electron chi connectivity index (χ3n) is 3.69. The number of primary amides is 1. The van der Waals surface area contributed by atoms with Gasteiger partial charge in [0.25, 0.3) is 5.91 Å². The zero-order valence-electron chi connectivity index (χ0n) is 11.5. The van der Waals surface area contributed by atoms with Gasteiger partial charge in [-0.15, -0.1) is 0 Å². The van der Waals surface area contributed by atoms with Crippen LogP contribution in [0.2, 0.25) is 5.02 Å². The van der Waals surface area contributed by atoms with Crippen LogP contribution in [-0.2, 0) is 0 Å². The van der Waals surface area contributed by atoms with Crippen molar-refractivity contribution in [3.05, 3.63) is 22.7 Å². The number of benzene rings is 1. The average molecular weight is 298 g/mol. The molecule has 1 amide bonds. The van der Waals surface area contributed by atoms with Gasteiger partial charge in [-0.1, -0.05) is 11.6 Å². The highest BCUT2D eigenvalue weighted by molar-refractivity contribution is 6.33. The van der Waals surface area contributed by atoms with Gasteiger partial charge in [-0.05, 0) is 31.7 Å². The molecule has 0 aliphatic heterocycles. The van der Waals surface area contributed by atoms with Crippen molar-refractivity contribution in [3.8, 4) is 5.75 Å². The number of hydrogen-bond acceptors (Lipinski definition) is 4. The first-order valence-electron chi connectivity index (χ1n) is 6.70. The molecule has 110 valence electrons. The first-order chi connectivity index (χ1) is 9.51. The van der Waals surface area contributed by atoms with E-state index in [9.17, 15) is 4.79 Å². The van der Waals surface area contributed by atoms with E-state index in [4.69, 9.17) is 27.8 Å². The molecular weight excluding hydrogens is 278 g/mol. The van der Waals surface area contributed by atoms with Gasteiger partial charge < -0.3 is 21.5 Å². The Morgan fingerprint density at radius 1 is 1.35 bits per heavy atom. The Kier molecular flexibility index (Phi) is 4.73. The van der Waals surface area contributed by atoms with E-state index >= 15 is 0 Å². The number of rotatable bonds is 4. The monoisotopic (exact) mass is 297 g/mol. The number of anilines is 1. The summed E-state index contributed by atoms with van der Waals surface area (Å²) < 4.78 is 5.19. The fourth-order valence-corrected chi connectivity index (χ4v) is 2.73. The van der Waals surface area contributed by atoms with E-state index in [1.54, 1.807) is 12.1 Å². The van der Waals surface area contributed by atoms with E-state index < -0.39 is 5.91 Å². The van der Waals surface area contributed by atoms with Crippen LogP contribution in [0.15, 0.2) is 12.1 Å².